The molecular weight excluding hydrogens is 642 g/mol. The second-order valence-electron chi connectivity index (χ2n) is 10.3. The number of likely N-dealkylation sites (N-methyl/N-ethyl adjacent to an activating group) is 1. The van der Waals surface area contributed by atoms with Crippen LogP contribution in [0.15, 0.2) is 112 Å². The van der Waals surface area contributed by atoms with Crippen LogP contribution in [-0.2, 0) is 32.6 Å². The minimum atomic E-state index is -4.16. The number of benzene rings is 4. The first-order chi connectivity index (χ1) is 21.1. The van der Waals surface area contributed by atoms with Crippen LogP contribution in [0.4, 0.5) is 5.69 Å². The Morgan fingerprint density at radius 1 is 0.886 bits per heavy atom. The number of nitrogens with zero attached hydrogens (tertiary/aromatic N) is 2. The Morgan fingerprint density at radius 2 is 1.55 bits per heavy atom. The van der Waals surface area contributed by atoms with E-state index in [1.807, 2.05) is 56.3 Å². The third kappa shape index (κ3) is 8.27. The first kappa shape index (κ1) is 32.8. The third-order valence-electron chi connectivity index (χ3n) is 7.11. The number of hydrogen-bond acceptors (Lipinski definition) is 5. The van der Waals surface area contributed by atoms with E-state index in [0.717, 1.165) is 25.5 Å². The van der Waals surface area contributed by atoms with E-state index in [0.29, 0.717) is 18.0 Å². The van der Waals surface area contributed by atoms with Gasteiger partial charge in [-0.2, -0.15) is 0 Å². The molecule has 2 amide bonds. The summed E-state index contributed by atoms with van der Waals surface area (Å²) in [5.74, 6) is -0.256. The van der Waals surface area contributed by atoms with Gasteiger partial charge in [0.1, 0.15) is 18.3 Å². The van der Waals surface area contributed by atoms with Gasteiger partial charge < -0.3 is 15.0 Å². The van der Waals surface area contributed by atoms with Crippen molar-refractivity contribution >= 4 is 43.5 Å². The van der Waals surface area contributed by atoms with Gasteiger partial charge in [-0.3, -0.25) is 13.9 Å². The van der Waals surface area contributed by atoms with Gasteiger partial charge in [0, 0.05) is 24.0 Å². The Balaban J connectivity index is 1.80. The standard InChI is InChI=1S/C34H36BrN3O5S/c1-4-36-34(40)32(22-26-9-6-5-7-10-26)37(23-27-11-8-12-30(21-27)43-3)33(39)24-38(29-17-15-28(35)16-18-29)44(41,42)31-19-13-25(2)14-20-31/h5-21,32H,4,22-24H2,1-3H3,(H,36,40). The lowest BCUT2D eigenvalue weighted by molar-refractivity contribution is -0.140. The zero-order valence-electron chi connectivity index (χ0n) is 24.9. The van der Waals surface area contributed by atoms with Gasteiger partial charge in [-0.25, -0.2) is 8.42 Å². The average Bonchev–Trinajstić information content (AvgIpc) is 3.02. The number of carbonyl (C=O) groups excluding carboxylic acids is 2. The summed E-state index contributed by atoms with van der Waals surface area (Å²) in [5, 5.41) is 2.87. The fraction of sp³-hybridized carbons (Fsp3) is 0.235. The fourth-order valence-electron chi connectivity index (χ4n) is 4.79. The zero-order chi connectivity index (χ0) is 31.7. The number of methoxy groups -OCH3 is 1. The zero-order valence-corrected chi connectivity index (χ0v) is 27.3. The molecule has 0 heterocycles. The summed E-state index contributed by atoms with van der Waals surface area (Å²) in [5.41, 5.74) is 2.83. The van der Waals surface area contributed by atoms with Crippen molar-refractivity contribution in [3.05, 3.63) is 124 Å². The quantitative estimate of drug-likeness (QED) is 0.195. The minimum absolute atomic E-state index is 0.0581. The molecule has 4 aromatic rings. The van der Waals surface area contributed by atoms with Gasteiger partial charge in [-0.1, -0.05) is 76.1 Å². The highest BCUT2D eigenvalue weighted by Gasteiger charge is 2.34. The molecular formula is C34H36BrN3O5S. The predicted molar refractivity (Wildman–Crippen MR) is 176 cm³/mol. The van der Waals surface area contributed by atoms with Gasteiger partial charge in [0.05, 0.1) is 17.7 Å². The van der Waals surface area contributed by atoms with Crippen LogP contribution in [0.25, 0.3) is 0 Å². The van der Waals surface area contributed by atoms with Crippen LogP contribution in [0, 0.1) is 6.92 Å². The van der Waals surface area contributed by atoms with Crippen molar-refractivity contribution in [3.8, 4) is 5.75 Å². The molecule has 10 heteroatoms. The molecule has 0 fully saturated rings. The number of nitrogens with one attached hydrogen (secondary N) is 1. The molecule has 1 N–H and O–H groups in total. The van der Waals surface area contributed by atoms with Crippen LogP contribution in [0.3, 0.4) is 0 Å². The van der Waals surface area contributed by atoms with E-state index in [2.05, 4.69) is 21.2 Å². The molecule has 4 rings (SSSR count). The van der Waals surface area contributed by atoms with Crippen LogP contribution in [0.5, 0.6) is 5.75 Å². The normalized spacial score (nSPS) is 11.8. The molecule has 0 saturated heterocycles. The van der Waals surface area contributed by atoms with E-state index in [4.69, 9.17) is 4.74 Å². The second-order valence-corrected chi connectivity index (χ2v) is 13.1. The van der Waals surface area contributed by atoms with E-state index in [-0.39, 0.29) is 23.8 Å². The van der Waals surface area contributed by atoms with Gasteiger partial charge in [0.15, 0.2) is 0 Å². The first-order valence-corrected chi connectivity index (χ1v) is 16.4. The molecule has 1 atom stereocenters. The summed E-state index contributed by atoms with van der Waals surface area (Å²) in [6, 6.07) is 29.0. The minimum Gasteiger partial charge on any atom is -0.497 e. The van der Waals surface area contributed by atoms with Crippen LogP contribution in [0.2, 0.25) is 0 Å². The van der Waals surface area contributed by atoms with Crippen molar-refractivity contribution in [2.24, 2.45) is 0 Å². The fourth-order valence-corrected chi connectivity index (χ4v) is 6.47. The number of hydrogen-bond donors (Lipinski definition) is 1. The molecule has 0 bridgehead atoms. The molecule has 230 valence electrons. The molecule has 1 unspecified atom stereocenters. The molecule has 4 aromatic carbocycles. The number of anilines is 1. The van der Waals surface area contributed by atoms with Crippen molar-refractivity contribution < 1.29 is 22.7 Å². The Morgan fingerprint density at radius 3 is 2.18 bits per heavy atom. The number of halogens is 1. The summed E-state index contributed by atoms with van der Waals surface area (Å²) in [7, 11) is -2.60. The number of amides is 2. The van der Waals surface area contributed by atoms with Crippen molar-refractivity contribution in [3.63, 3.8) is 0 Å². The lowest BCUT2D eigenvalue weighted by Crippen LogP contribution is -2.53. The highest BCUT2D eigenvalue weighted by molar-refractivity contribution is 9.10. The van der Waals surface area contributed by atoms with E-state index in [1.165, 1.54) is 17.0 Å². The Bertz CT molecular complexity index is 1660. The molecule has 0 aliphatic heterocycles. The maximum Gasteiger partial charge on any atom is 0.264 e. The van der Waals surface area contributed by atoms with Crippen LogP contribution >= 0.6 is 15.9 Å². The number of carbonyl (C=O) groups is 2. The van der Waals surface area contributed by atoms with E-state index >= 15 is 0 Å². The highest BCUT2D eigenvalue weighted by atomic mass is 79.9. The summed E-state index contributed by atoms with van der Waals surface area (Å²) >= 11 is 3.40. The highest BCUT2D eigenvalue weighted by Crippen LogP contribution is 2.27. The molecule has 0 aliphatic rings. The molecule has 0 aliphatic carbocycles. The lowest BCUT2D eigenvalue weighted by atomic mass is 10.0. The first-order valence-electron chi connectivity index (χ1n) is 14.2. The second kappa shape index (κ2) is 15.0. The van der Waals surface area contributed by atoms with Gasteiger partial charge >= 0.3 is 0 Å². The molecule has 0 radical (unpaired) electrons. The molecule has 8 nitrogen and oxygen atoms in total. The number of ether oxygens (including phenoxy) is 1. The third-order valence-corrected chi connectivity index (χ3v) is 9.43. The van der Waals surface area contributed by atoms with Gasteiger partial charge in [-0.05, 0) is 73.5 Å². The van der Waals surface area contributed by atoms with Crippen molar-refractivity contribution in [1.29, 1.82) is 0 Å². The lowest BCUT2D eigenvalue weighted by Gasteiger charge is -2.34. The van der Waals surface area contributed by atoms with Gasteiger partial charge in [0.2, 0.25) is 11.8 Å². The Hall–Kier alpha value is -4.15. The summed E-state index contributed by atoms with van der Waals surface area (Å²) < 4.78 is 35.4. The van der Waals surface area contributed by atoms with Gasteiger partial charge in [-0.15, -0.1) is 0 Å². The van der Waals surface area contributed by atoms with E-state index in [1.54, 1.807) is 55.6 Å². The van der Waals surface area contributed by atoms with Crippen LogP contribution in [-0.4, -0.2) is 51.4 Å². The monoisotopic (exact) mass is 677 g/mol. The molecule has 0 spiro atoms. The number of sulfonamides is 1. The van der Waals surface area contributed by atoms with Gasteiger partial charge in [0.25, 0.3) is 10.0 Å². The van der Waals surface area contributed by atoms with Crippen LogP contribution < -0.4 is 14.4 Å². The summed E-state index contributed by atoms with van der Waals surface area (Å²) in [6.07, 6.45) is 0.241. The van der Waals surface area contributed by atoms with Crippen molar-refractivity contribution in [1.82, 2.24) is 10.2 Å². The van der Waals surface area contributed by atoms with E-state index < -0.39 is 28.5 Å². The van der Waals surface area contributed by atoms with Crippen molar-refractivity contribution in [2.75, 3.05) is 24.5 Å². The number of aryl methyl sites for hydroxylation is 1. The molecule has 0 aromatic heterocycles. The van der Waals surface area contributed by atoms with Crippen LogP contribution in [0.1, 0.15) is 23.6 Å². The number of rotatable bonds is 13. The average molecular weight is 679 g/mol. The summed E-state index contributed by atoms with van der Waals surface area (Å²) in [6.45, 7) is 3.60. The predicted octanol–water partition coefficient (Wildman–Crippen LogP) is 5.74. The largest absolute Gasteiger partial charge is 0.497 e. The van der Waals surface area contributed by atoms with Crippen molar-refractivity contribution in [2.45, 2.75) is 37.8 Å². The smallest absolute Gasteiger partial charge is 0.264 e. The summed E-state index contributed by atoms with van der Waals surface area (Å²) in [4.78, 5) is 29.5. The SMILES string of the molecule is CCNC(=O)C(Cc1ccccc1)N(Cc1cccc(OC)c1)C(=O)CN(c1ccc(Br)cc1)S(=O)(=O)c1ccc(C)cc1. The maximum absolute atomic E-state index is 14.4. The molecule has 44 heavy (non-hydrogen) atoms. The maximum atomic E-state index is 14.4. The topological polar surface area (TPSA) is 96.0 Å². The molecule has 0 saturated carbocycles. The Labute approximate surface area is 267 Å². The van der Waals surface area contributed by atoms with E-state index in [9.17, 15) is 18.0 Å². The Kier molecular flexibility index (Phi) is 11.2.